The highest BCUT2D eigenvalue weighted by Gasteiger charge is 2.13. The van der Waals surface area contributed by atoms with E-state index in [9.17, 15) is 0 Å². The maximum Gasteiger partial charge on any atom is 0.142 e. The van der Waals surface area contributed by atoms with E-state index in [0.29, 0.717) is 23.1 Å². The van der Waals surface area contributed by atoms with Crippen molar-refractivity contribution < 1.29 is 4.74 Å². The number of nitrogens with zero attached hydrogens (tertiary/aromatic N) is 2. The zero-order chi connectivity index (χ0) is 14.0. The first-order valence-electron chi connectivity index (χ1n) is 6.23. The van der Waals surface area contributed by atoms with Gasteiger partial charge in [0.15, 0.2) is 0 Å². The number of halogens is 1. The van der Waals surface area contributed by atoms with Crippen LogP contribution in [0.25, 0.3) is 0 Å². The lowest BCUT2D eigenvalue weighted by Crippen LogP contribution is -2.07. The molecule has 1 heterocycles. The van der Waals surface area contributed by atoms with Crippen molar-refractivity contribution in [1.29, 1.82) is 0 Å². The maximum absolute atomic E-state index is 6.23. The van der Waals surface area contributed by atoms with Gasteiger partial charge in [-0.2, -0.15) is 5.10 Å². The second-order valence-electron chi connectivity index (χ2n) is 4.49. The molecule has 2 aromatic rings. The summed E-state index contributed by atoms with van der Waals surface area (Å²) in [5.41, 5.74) is 9.36. The molecule has 1 aromatic carbocycles. The lowest BCUT2D eigenvalue weighted by Gasteiger charge is -2.10. The van der Waals surface area contributed by atoms with Gasteiger partial charge in [0.05, 0.1) is 22.1 Å². The Morgan fingerprint density at radius 2 is 2.11 bits per heavy atom. The largest absolute Gasteiger partial charge is 0.485 e. The molecule has 2 rings (SSSR count). The van der Waals surface area contributed by atoms with E-state index in [1.54, 1.807) is 0 Å². The molecule has 19 heavy (non-hydrogen) atoms. The van der Waals surface area contributed by atoms with Crippen molar-refractivity contribution in [3.63, 3.8) is 0 Å². The van der Waals surface area contributed by atoms with Gasteiger partial charge in [0.2, 0.25) is 0 Å². The minimum atomic E-state index is 0.362. The topological polar surface area (TPSA) is 53.1 Å². The smallest absolute Gasteiger partial charge is 0.142 e. The van der Waals surface area contributed by atoms with Gasteiger partial charge in [-0.3, -0.25) is 4.68 Å². The third-order valence-electron chi connectivity index (χ3n) is 2.98. The van der Waals surface area contributed by atoms with E-state index in [2.05, 4.69) is 5.10 Å². The van der Waals surface area contributed by atoms with E-state index in [0.717, 1.165) is 23.5 Å². The van der Waals surface area contributed by atoms with Crippen LogP contribution in [0, 0.1) is 13.8 Å². The fourth-order valence-electron chi connectivity index (χ4n) is 1.95. The predicted octanol–water partition coefficient (Wildman–Crippen LogP) is 3.33. The molecule has 2 N–H and O–H groups in total. The minimum absolute atomic E-state index is 0.362. The Kier molecular flexibility index (Phi) is 4.00. The van der Waals surface area contributed by atoms with Crippen LogP contribution in [-0.4, -0.2) is 9.78 Å². The Labute approximate surface area is 118 Å². The fourth-order valence-corrected chi connectivity index (χ4v) is 2.14. The van der Waals surface area contributed by atoms with E-state index in [-0.39, 0.29) is 0 Å². The molecule has 0 radical (unpaired) electrons. The molecule has 4 nitrogen and oxygen atoms in total. The average molecular weight is 280 g/mol. The van der Waals surface area contributed by atoms with Crippen molar-refractivity contribution in [1.82, 2.24) is 9.78 Å². The van der Waals surface area contributed by atoms with Gasteiger partial charge in [0, 0.05) is 6.54 Å². The van der Waals surface area contributed by atoms with E-state index in [4.69, 9.17) is 22.1 Å². The fraction of sp³-hybridized carbons (Fsp3) is 0.357. The Morgan fingerprint density at radius 1 is 1.37 bits per heavy atom. The summed E-state index contributed by atoms with van der Waals surface area (Å²) in [5.74, 6) is 0.670. The van der Waals surface area contributed by atoms with Crippen LogP contribution in [0.1, 0.15) is 23.9 Å². The molecule has 0 saturated carbocycles. The van der Waals surface area contributed by atoms with E-state index in [1.807, 2.05) is 43.7 Å². The quantitative estimate of drug-likeness (QED) is 0.874. The summed E-state index contributed by atoms with van der Waals surface area (Å²) < 4.78 is 7.59. The third kappa shape index (κ3) is 2.84. The first kappa shape index (κ1) is 13.7. The summed E-state index contributed by atoms with van der Waals surface area (Å²) in [6.07, 6.45) is 0. The van der Waals surface area contributed by atoms with Crippen molar-refractivity contribution in [3.8, 4) is 5.75 Å². The number of aryl methyl sites for hydroxylation is 3. The molecule has 0 spiro atoms. The van der Waals surface area contributed by atoms with Crippen molar-refractivity contribution >= 4 is 17.3 Å². The molecule has 1 aromatic heterocycles. The number of hydrogen-bond donors (Lipinski definition) is 1. The molecule has 0 bridgehead atoms. The van der Waals surface area contributed by atoms with Crippen LogP contribution >= 0.6 is 11.6 Å². The van der Waals surface area contributed by atoms with Crippen LogP contribution in [0.2, 0.25) is 5.02 Å². The summed E-state index contributed by atoms with van der Waals surface area (Å²) in [6.45, 7) is 7.02. The number of nitrogens with two attached hydrogens (primary N) is 1. The molecular weight excluding hydrogens is 262 g/mol. The number of ether oxygens (including phenoxy) is 1. The summed E-state index contributed by atoms with van der Waals surface area (Å²) in [4.78, 5) is 0. The number of rotatable bonds is 4. The molecule has 0 atom stereocenters. The summed E-state index contributed by atoms with van der Waals surface area (Å²) in [7, 11) is 0. The number of aromatic nitrogens is 2. The Morgan fingerprint density at radius 3 is 2.74 bits per heavy atom. The molecule has 0 aliphatic rings. The van der Waals surface area contributed by atoms with Crippen molar-refractivity contribution in [2.24, 2.45) is 0 Å². The first-order valence-corrected chi connectivity index (χ1v) is 6.61. The highest BCUT2D eigenvalue weighted by Crippen LogP contribution is 2.26. The maximum atomic E-state index is 6.23. The third-order valence-corrected chi connectivity index (χ3v) is 3.47. The summed E-state index contributed by atoms with van der Waals surface area (Å²) in [5, 5.41) is 5.01. The van der Waals surface area contributed by atoms with E-state index < -0.39 is 0 Å². The number of hydrogen-bond acceptors (Lipinski definition) is 3. The highest BCUT2D eigenvalue weighted by molar-refractivity contribution is 6.31. The van der Waals surface area contributed by atoms with E-state index >= 15 is 0 Å². The van der Waals surface area contributed by atoms with Gasteiger partial charge in [-0.15, -0.1) is 0 Å². The van der Waals surface area contributed by atoms with Gasteiger partial charge >= 0.3 is 0 Å². The second-order valence-corrected chi connectivity index (χ2v) is 4.87. The van der Waals surface area contributed by atoms with Crippen LogP contribution in [0.5, 0.6) is 5.75 Å². The Balaban J connectivity index is 2.18. The molecule has 0 aliphatic heterocycles. The van der Waals surface area contributed by atoms with Gasteiger partial charge in [0.25, 0.3) is 0 Å². The van der Waals surface area contributed by atoms with Crippen molar-refractivity contribution in [2.75, 3.05) is 5.73 Å². The lowest BCUT2D eigenvalue weighted by molar-refractivity contribution is 0.294. The number of anilines is 1. The van der Waals surface area contributed by atoms with Gasteiger partial charge in [-0.25, -0.2) is 0 Å². The molecule has 5 heteroatoms. The molecule has 0 amide bonds. The SMILES string of the molecule is CCn1nc(C)c(Cl)c1COc1ccc(C)cc1N. The summed E-state index contributed by atoms with van der Waals surface area (Å²) in [6, 6.07) is 5.73. The van der Waals surface area contributed by atoms with Crippen molar-refractivity contribution in [2.45, 2.75) is 33.9 Å². The van der Waals surface area contributed by atoms with Gasteiger partial charge < -0.3 is 10.5 Å². The molecule has 0 unspecified atom stereocenters. The van der Waals surface area contributed by atoms with Crippen LogP contribution in [-0.2, 0) is 13.2 Å². The predicted molar refractivity (Wildman–Crippen MR) is 77.6 cm³/mol. The van der Waals surface area contributed by atoms with Crippen LogP contribution in [0.3, 0.4) is 0 Å². The number of nitrogen functional groups attached to an aromatic ring is 1. The summed E-state index contributed by atoms with van der Waals surface area (Å²) >= 11 is 6.23. The molecular formula is C14H18ClN3O. The molecule has 102 valence electrons. The molecule has 0 aliphatic carbocycles. The lowest BCUT2D eigenvalue weighted by atomic mass is 10.2. The molecule has 0 fully saturated rings. The zero-order valence-electron chi connectivity index (χ0n) is 11.4. The van der Waals surface area contributed by atoms with Crippen molar-refractivity contribution in [3.05, 3.63) is 40.2 Å². The van der Waals surface area contributed by atoms with Crippen LogP contribution in [0.15, 0.2) is 18.2 Å². The first-order chi connectivity index (χ1) is 9.02. The van der Waals surface area contributed by atoms with Crippen LogP contribution < -0.4 is 10.5 Å². The second kappa shape index (κ2) is 5.53. The Hall–Kier alpha value is -1.68. The van der Waals surface area contributed by atoms with Gasteiger partial charge in [-0.05, 0) is 38.5 Å². The van der Waals surface area contributed by atoms with Gasteiger partial charge in [-0.1, -0.05) is 17.7 Å². The van der Waals surface area contributed by atoms with E-state index in [1.165, 1.54) is 0 Å². The molecule has 0 saturated heterocycles. The Bertz CT molecular complexity index is 593. The highest BCUT2D eigenvalue weighted by atomic mass is 35.5. The monoisotopic (exact) mass is 279 g/mol. The zero-order valence-corrected chi connectivity index (χ0v) is 12.2. The van der Waals surface area contributed by atoms with Crippen LogP contribution in [0.4, 0.5) is 5.69 Å². The minimum Gasteiger partial charge on any atom is -0.485 e. The van der Waals surface area contributed by atoms with Gasteiger partial charge in [0.1, 0.15) is 12.4 Å². The number of benzene rings is 1. The normalized spacial score (nSPS) is 10.7. The standard InChI is InChI=1S/C14H18ClN3O/c1-4-18-12(14(15)10(3)17-18)8-19-13-6-5-9(2)7-11(13)16/h5-7H,4,8,16H2,1-3H3. The average Bonchev–Trinajstić information content (AvgIpc) is 2.65.